The Morgan fingerprint density at radius 3 is 2.68 bits per heavy atom. The number of esters is 1. The molecule has 162 valence electrons. The number of aliphatic hydroxyl groups is 2. The van der Waals surface area contributed by atoms with Crippen LogP contribution in [0.4, 0.5) is 5.82 Å². The van der Waals surface area contributed by atoms with Crippen LogP contribution < -0.4 is 5.32 Å². The fourth-order valence-electron chi connectivity index (χ4n) is 3.83. The van der Waals surface area contributed by atoms with Crippen molar-refractivity contribution < 1.29 is 29.3 Å². The van der Waals surface area contributed by atoms with Crippen LogP contribution in [0, 0.1) is 0 Å². The van der Waals surface area contributed by atoms with Gasteiger partial charge in [0, 0.05) is 12.5 Å². The number of nitrogens with zero attached hydrogens (tertiary/aromatic N) is 3. The van der Waals surface area contributed by atoms with Crippen LogP contribution in [0.2, 0.25) is 0 Å². The number of amides is 1. The Bertz CT molecular complexity index is 1120. The Hall–Kier alpha value is -3.34. The summed E-state index contributed by atoms with van der Waals surface area (Å²) >= 11 is 0. The maximum absolute atomic E-state index is 12.5. The number of fused-ring (bicyclic) bond motifs is 1. The molecule has 1 amide bonds. The lowest BCUT2D eigenvalue weighted by molar-refractivity contribution is -0.153. The molecule has 1 aliphatic heterocycles. The zero-order valence-corrected chi connectivity index (χ0v) is 16.9. The largest absolute Gasteiger partial charge is 0.457 e. The number of rotatable bonds is 5. The average molecular weight is 426 g/mol. The molecule has 3 heterocycles. The normalized spacial score (nSPS) is 25.5. The van der Waals surface area contributed by atoms with Crippen LogP contribution in [0.3, 0.4) is 0 Å². The molecule has 0 spiro atoms. The van der Waals surface area contributed by atoms with E-state index in [0.29, 0.717) is 16.8 Å². The number of benzene rings is 1. The second kappa shape index (κ2) is 8.06. The van der Waals surface area contributed by atoms with E-state index in [-0.39, 0.29) is 11.7 Å². The maximum atomic E-state index is 12.5. The van der Waals surface area contributed by atoms with E-state index < -0.39 is 36.5 Å². The molecule has 2 aromatic heterocycles. The first-order chi connectivity index (χ1) is 14.8. The van der Waals surface area contributed by atoms with Gasteiger partial charge in [0.2, 0.25) is 0 Å². The van der Waals surface area contributed by atoms with Crippen molar-refractivity contribution in [3.8, 4) is 0 Å². The number of carbonyl (C=O) groups excluding carboxylic acids is 2. The molecule has 1 fully saturated rings. The van der Waals surface area contributed by atoms with Crippen molar-refractivity contribution in [3.05, 3.63) is 60.0 Å². The molecule has 10 heteroatoms. The highest BCUT2D eigenvalue weighted by Crippen LogP contribution is 2.41. The zero-order chi connectivity index (χ0) is 22.2. The number of anilines is 1. The second-order valence-corrected chi connectivity index (χ2v) is 7.41. The Morgan fingerprint density at radius 1 is 1.26 bits per heavy atom. The summed E-state index contributed by atoms with van der Waals surface area (Å²) < 4.78 is 12.6. The maximum Gasteiger partial charge on any atom is 0.303 e. The van der Waals surface area contributed by atoms with E-state index in [9.17, 15) is 19.8 Å². The van der Waals surface area contributed by atoms with Crippen molar-refractivity contribution in [2.24, 2.45) is 0 Å². The van der Waals surface area contributed by atoms with Gasteiger partial charge in [0.25, 0.3) is 5.91 Å². The van der Waals surface area contributed by atoms with Crippen molar-refractivity contribution in [1.29, 1.82) is 0 Å². The molecular formula is C21H22N4O6. The van der Waals surface area contributed by atoms with Crippen LogP contribution in [0.15, 0.2) is 48.8 Å². The predicted octanol–water partition coefficient (Wildman–Crippen LogP) is 0.880. The third kappa shape index (κ3) is 3.65. The number of ether oxygens (including phenoxy) is 2. The molecule has 4 atom stereocenters. The molecule has 1 aliphatic rings. The molecule has 3 N–H and O–H groups in total. The summed E-state index contributed by atoms with van der Waals surface area (Å²) in [5, 5.41) is 27.6. The van der Waals surface area contributed by atoms with Crippen molar-refractivity contribution in [1.82, 2.24) is 14.6 Å². The fourth-order valence-corrected chi connectivity index (χ4v) is 3.83. The van der Waals surface area contributed by atoms with Gasteiger partial charge in [-0.15, -0.1) is 0 Å². The van der Waals surface area contributed by atoms with E-state index in [1.807, 2.05) is 6.07 Å². The van der Waals surface area contributed by atoms with E-state index in [0.717, 1.165) is 0 Å². The fraction of sp³-hybridized carbons (Fsp3) is 0.333. The smallest absolute Gasteiger partial charge is 0.303 e. The lowest BCUT2D eigenvalue weighted by Gasteiger charge is -2.27. The van der Waals surface area contributed by atoms with Gasteiger partial charge in [0.1, 0.15) is 29.7 Å². The highest BCUT2D eigenvalue weighted by Gasteiger charge is 2.55. The number of hydrogen-bond donors (Lipinski definition) is 3. The molecule has 10 nitrogen and oxygen atoms in total. The van der Waals surface area contributed by atoms with Gasteiger partial charge in [-0.25, -0.2) is 9.50 Å². The molecule has 1 saturated heterocycles. The minimum absolute atomic E-state index is 0.279. The van der Waals surface area contributed by atoms with Crippen LogP contribution in [0.25, 0.3) is 5.52 Å². The number of carbonyl (C=O) groups is 2. The number of hydrogen-bond acceptors (Lipinski definition) is 8. The molecule has 3 aromatic rings. The highest BCUT2D eigenvalue weighted by molar-refractivity contribution is 6.05. The molecule has 0 saturated carbocycles. The number of aliphatic hydroxyl groups excluding tert-OH is 2. The van der Waals surface area contributed by atoms with Crippen molar-refractivity contribution in [3.63, 3.8) is 0 Å². The van der Waals surface area contributed by atoms with Crippen molar-refractivity contribution in [2.75, 3.05) is 11.9 Å². The van der Waals surface area contributed by atoms with E-state index in [2.05, 4.69) is 15.4 Å². The predicted molar refractivity (Wildman–Crippen MR) is 108 cm³/mol. The van der Waals surface area contributed by atoms with Gasteiger partial charge >= 0.3 is 5.97 Å². The summed E-state index contributed by atoms with van der Waals surface area (Å²) in [5.74, 6) is -0.646. The summed E-state index contributed by atoms with van der Waals surface area (Å²) in [6, 6.07) is 12.1. The van der Waals surface area contributed by atoms with E-state index in [1.165, 1.54) is 17.8 Å². The molecule has 0 radical (unpaired) electrons. The SMILES string of the molecule is CC(=O)O[C@H]1[C@@H](O)[C@](C)(c2ccc3c(NC(=O)c4ccccc4)ncnn23)O[C@@H]1CO. The van der Waals surface area contributed by atoms with Crippen LogP contribution in [-0.2, 0) is 19.9 Å². The third-order valence-electron chi connectivity index (χ3n) is 5.35. The number of aromatic nitrogens is 3. The average Bonchev–Trinajstić information content (AvgIpc) is 3.30. The summed E-state index contributed by atoms with van der Waals surface area (Å²) in [6.45, 7) is 2.40. The van der Waals surface area contributed by atoms with Gasteiger partial charge in [-0.05, 0) is 31.2 Å². The van der Waals surface area contributed by atoms with Gasteiger partial charge in [-0.3, -0.25) is 9.59 Å². The first-order valence-electron chi connectivity index (χ1n) is 9.68. The Kier molecular flexibility index (Phi) is 5.44. The lowest BCUT2D eigenvalue weighted by Crippen LogP contribution is -2.41. The quantitative estimate of drug-likeness (QED) is 0.512. The monoisotopic (exact) mass is 426 g/mol. The van der Waals surface area contributed by atoms with E-state index >= 15 is 0 Å². The third-order valence-corrected chi connectivity index (χ3v) is 5.35. The highest BCUT2D eigenvalue weighted by atomic mass is 16.6. The minimum atomic E-state index is -1.34. The molecule has 4 rings (SSSR count). The molecular weight excluding hydrogens is 404 g/mol. The van der Waals surface area contributed by atoms with Crippen molar-refractivity contribution in [2.45, 2.75) is 37.8 Å². The Balaban J connectivity index is 1.69. The molecule has 0 unspecified atom stereocenters. The van der Waals surface area contributed by atoms with Gasteiger partial charge < -0.3 is 25.0 Å². The first kappa shape index (κ1) is 20.9. The second-order valence-electron chi connectivity index (χ2n) is 7.41. The van der Waals surface area contributed by atoms with Crippen LogP contribution >= 0.6 is 0 Å². The summed E-state index contributed by atoms with van der Waals surface area (Å²) in [6.07, 6.45) is -1.94. The zero-order valence-electron chi connectivity index (χ0n) is 16.9. The van der Waals surface area contributed by atoms with Gasteiger partial charge in [0.15, 0.2) is 11.9 Å². The standard InChI is InChI=1S/C21H22N4O6/c1-12(27)30-17-15(10-26)31-21(2,18(17)28)16-9-8-14-19(22-11-23-25(14)16)24-20(29)13-6-4-3-5-7-13/h3-9,11,15,17-18,26,28H,10H2,1-2H3,(H,22,23,24,29)/t15-,17-,18-,21+/m1/s1. The molecule has 0 bridgehead atoms. The van der Waals surface area contributed by atoms with Gasteiger partial charge in [-0.1, -0.05) is 18.2 Å². The van der Waals surface area contributed by atoms with Crippen molar-refractivity contribution >= 4 is 23.2 Å². The minimum Gasteiger partial charge on any atom is -0.457 e. The summed E-state index contributed by atoms with van der Waals surface area (Å²) in [5.41, 5.74) is 0.0631. The van der Waals surface area contributed by atoms with Crippen LogP contribution in [0.5, 0.6) is 0 Å². The summed E-state index contributed by atoms with van der Waals surface area (Å²) in [7, 11) is 0. The van der Waals surface area contributed by atoms with Crippen LogP contribution in [0.1, 0.15) is 29.9 Å². The molecule has 31 heavy (non-hydrogen) atoms. The van der Waals surface area contributed by atoms with E-state index in [1.54, 1.807) is 43.3 Å². The molecule has 0 aliphatic carbocycles. The summed E-state index contributed by atoms with van der Waals surface area (Å²) in [4.78, 5) is 28.1. The van der Waals surface area contributed by atoms with Gasteiger partial charge in [0.05, 0.1) is 12.3 Å². The Labute approximate surface area is 177 Å². The van der Waals surface area contributed by atoms with E-state index in [4.69, 9.17) is 9.47 Å². The topological polar surface area (TPSA) is 135 Å². The Morgan fingerprint density at radius 2 is 2.00 bits per heavy atom. The molecule has 1 aromatic carbocycles. The first-order valence-corrected chi connectivity index (χ1v) is 9.68. The number of nitrogens with one attached hydrogen (secondary N) is 1. The van der Waals surface area contributed by atoms with Crippen LogP contribution in [-0.4, -0.2) is 61.6 Å². The van der Waals surface area contributed by atoms with Gasteiger partial charge in [-0.2, -0.15) is 5.10 Å². The lowest BCUT2D eigenvalue weighted by atomic mass is 9.93.